The molecule has 0 aliphatic heterocycles. The fraction of sp³-hybridized carbons (Fsp3) is 0.600. The fourth-order valence-corrected chi connectivity index (χ4v) is 0.245. The average molecular weight is 98.1 g/mol. The summed E-state index contributed by atoms with van der Waals surface area (Å²) in [6, 6.07) is 0.234. The van der Waals surface area contributed by atoms with Gasteiger partial charge in [-0.2, -0.15) is 0 Å². The van der Waals surface area contributed by atoms with Gasteiger partial charge in [0.2, 0.25) is 0 Å². The number of aliphatic imine (C=N–C) groups is 2. The number of hydrogen-bond donors (Lipinski definition) is 0. The summed E-state index contributed by atoms with van der Waals surface area (Å²) >= 11 is 0. The maximum Gasteiger partial charge on any atom is 0.0659 e. The normalized spacial score (nSPS) is 12.7. The predicted molar refractivity (Wildman–Crippen MR) is 33.4 cm³/mol. The Labute approximate surface area is 44.0 Å². The van der Waals surface area contributed by atoms with Gasteiger partial charge >= 0.3 is 0 Å². The van der Waals surface area contributed by atoms with Gasteiger partial charge in [0.05, 0.1) is 12.6 Å². The van der Waals surface area contributed by atoms with Crippen LogP contribution in [0.5, 0.6) is 0 Å². The molecule has 0 bridgehead atoms. The number of rotatable bonds is 3. The van der Waals surface area contributed by atoms with Crippen molar-refractivity contribution in [3.8, 4) is 0 Å². The Morgan fingerprint density at radius 1 is 1.57 bits per heavy atom. The zero-order valence-electron chi connectivity index (χ0n) is 4.59. The summed E-state index contributed by atoms with van der Waals surface area (Å²) in [4.78, 5) is 7.32. The first kappa shape index (κ1) is 6.34. The highest BCUT2D eigenvalue weighted by atomic mass is 14.8. The third kappa shape index (κ3) is 3.16. The van der Waals surface area contributed by atoms with Crippen molar-refractivity contribution in [2.24, 2.45) is 9.98 Å². The van der Waals surface area contributed by atoms with Crippen LogP contribution < -0.4 is 0 Å². The molecule has 40 valence electrons. The van der Waals surface area contributed by atoms with E-state index < -0.39 is 0 Å². The van der Waals surface area contributed by atoms with Crippen LogP contribution in [0, 0.1) is 0 Å². The molecule has 2 heteroatoms. The predicted octanol–water partition coefficient (Wildman–Crippen LogP) is 0.776. The van der Waals surface area contributed by atoms with Gasteiger partial charge in [0.15, 0.2) is 0 Å². The van der Waals surface area contributed by atoms with Crippen LogP contribution in [0.3, 0.4) is 0 Å². The second kappa shape index (κ2) is 3.53. The molecular weight excluding hydrogens is 88.1 g/mol. The molecule has 0 aromatic rings. The molecule has 0 radical (unpaired) electrons. The Hall–Kier alpha value is -0.660. The Balaban J connectivity index is 3.15. The molecule has 2 nitrogen and oxygen atoms in total. The SMILES string of the molecule is C=NCC(C)N=C. The molecule has 0 spiro atoms. The Bertz CT molecular complexity index is 68.5. The van der Waals surface area contributed by atoms with Crippen molar-refractivity contribution in [1.29, 1.82) is 0 Å². The summed E-state index contributed by atoms with van der Waals surface area (Å²) in [5, 5.41) is 0. The van der Waals surface area contributed by atoms with Gasteiger partial charge in [-0.1, -0.05) is 0 Å². The third-order valence-electron chi connectivity index (χ3n) is 0.705. The molecule has 1 atom stereocenters. The van der Waals surface area contributed by atoms with E-state index in [4.69, 9.17) is 0 Å². The van der Waals surface area contributed by atoms with Gasteiger partial charge in [-0.15, -0.1) is 0 Å². The summed E-state index contributed by atoms with van der Waals surface area (Å²) in [6.07, 6.45) is 0. The molecule has 0 fully saturated rings. The lowest BCUT2D eigenvalue weighted by atomic mass is 10.4. The molecule has 0 amide bonds. The molecular formula is C5H10N2. The van der Waals surface area contributed by atoms with Crippen LogP contribution in [0.15, 0.2) is 9.98 Å². The zero-order chi connectivity index (χ0) is 5.70. The van der Waals surface area contributed by atoms with E-state index in [9.17, 15) is 0 Å². The molecule has 0 aromatic carbocycles. The highest BCUT2D eigenvalue weighted by Crippen LogP contribution is 1.84. The van der Waals surface area contributed by atoms with Gasteiger partial charge in [-0.3, -0.25) is 9.98 Å². The Morgan fingerprint density at radius 2 is 2.14 bits per heavy atom. The lowest BCUT2D eigenvalue weighted by Crippen LogP contribution is -1.99. The van der Waals surface area contributed by atoms with Gasteiger partial charge < -0.3 is 0 Å². The van der Waals surface area contributed by atoms with E-state index in [0.29, 0.717) is 6.54 Å². The van der Waals surface area contributed by atoms with Crippen LogP contribution in [0.25, 0.3) is 0 Å². The molecule has 0 heterocycles. The summed E-state index contributed by atoms with van der Waals surface area (Å²) in [5.74, 6) is 0. The largest absolute Gasteiger partial charge is 0.299 e. The number of hydrogen-bond acceptors (Lipinski definition) is 2. The van der Waals surface area contributed by atoms with Crippen molar-refractivity contribution < 1.29 is 0 Å². The van der Waals surface area contributed by atoms with Gasteiger partial charge in [0.25, 0.3) is 0 Å². The fourth-order valence-electron chi connectivity index (χ4n) is 0.245. The van der Waals surface area contributed by atoms with Crippen molar-refractivity contribution in [2.45, 2.75) is 13.0 Å². The molecule has 0 N–H and O–H groups in total. The lowest BCUT2D eigenvalue weighted by molar-refractivity contribution is 0.765. The van der Waals surface area contributed by atoms with E-state index in [0.717, 1.165) is 0 Å². The zero-order valence-corrected chi connectivity index (χ0v) is 4.59. The minimum Gasteiger partial charge on any atom is -0.299 e. The van der Waals surface area contributed by atoms with Gasteiger partial charge in [-0.25, -0.2) is 0 Å². The summed E-state index contributed by atoms with van der Waals surface area (Å²) in [6.45, 7) is 9.28. The van der Waals surface area contributed by atoms with Crippen LogP contribution >= 0.6 is 0 Å². The van der Waals surface area contributed by atoms with Crippen molar-refractivity contribution >= 4 is 13.4 Å². The first-order valence-corrected chi connectivity index (χ1v) is 2.19. The van der Waals surface area contributed by atoms with E-state index in [1.807, 2.05) is 6.92 Å². The van der Waals surface area contributed by atoms with E-state index in [1.54, 1.807) is 0 Å². The van der Waals surface area contributed by atoms with Crippen LogP contribution in [-0.4, -0.2) is 26.0 Å². The van der Waals surface area contributed by atoms with E-state index >= 15 is 0 Å². The first-order chi connectivity index (χ1) is 3.31. The monoisotopic (exact) mass is 98.1 g/mol. The minimum atomic E-state index is 0.234. The van der Waals surface area contributed by atoms with E-state index in [1.165, 1.54) is 0 Å². The summed E-state index contributed by atoms with van der Waals surface area (Å²) in [5.41, 5.74) is 0. The molecule has 0 aliphatic carbocycles. The summed E-state index contributed by atoms with van der Waals surface area (Å²) < 4.78 is 0. The van der Waals surface area contributed by atoms with Crippen molar-refractivity contribution in [3.63, 3.8) is 0 Å². The van der Waals surface area contributed by atoms with Gasteiger partial charge in [-0.05, 0) is 20.4 Å². The van der Waals surface area contributed by atoms with Crippen LogP contribution in [0.4, 0.5) is 0 Å². The van der Waals surface area contributed by atoms with Crippen LogP contribution in [0.2, 0.25) is 0 Å². The molecule has 0 saturated heterocycles. The average Bonchev–Trinajstić information content (AvgIpc) is 1.68. The second-order valence-electron chi connectivity index (χ2n) is 1.44. The first-order valence-electron chi connectivity index (χ1n) is 2.19. The summed E-state index contributed by atoms with van der Waals surface area (Å²) in [7, 11) is 0. The van der Waals surface area contributed by atoms with Crippen LogP contribution in [0.1, 0.15) is 6.92 Å². The van der Waals surface area contributed by atoms with Crippen molar-refractivity contribution in [3.05, 3.63) is 0 Å². The highest BCUT2D eigenvalue weighted by Gasteiger charge is 1.88. The maximum atomic E-state index is 3.69. The molecule has 0 aromatic heterocycles. The quantitative estimate of drug-likeness (QED) is 0.466. The molecule has 1 unspecified atom stereocenters. The third-order valence-corrected chi connectivity index (χ3v) is 0.705. The lowest BCUT2D eigenvalue weighted by Gasteiger charge is -1.95. The topological polar surface area (TPSA) is 24.7 Å². The number of nitrogens with zero attached hydrogens (tertiary/aromatic N) is 2. The second-order valence-corrected chi connectivity index (χ2v) is 1.44. The smallest absolute Gasteiger partial charge is 0.0659 e. The highest BCUT2D eigenvalue weighted by molar-refractivity contribution is 5.25. The molecule has 0 rings (SSSR count). The van der Waals surface area contributed by atoms with Gasteiger partial charge in [0, 0.05) is 0 Å². The Kier molecular flexibility index (Phi) is 3.19. The van der Waals surface area contributed by atoms with Crippen molar-refractivity contribution in [1.82, 2.24) is 0 Å². The molecule has 0 aliphatic rings. The van der Waals surface area contributed by atoms with Crippen LogP contribution in [-0.2, 0) is 0 Å². The Morgan fingerprint density at radius 3 is 2.29 bits per heavy atom. The minimum absolute atomic E-state index is 0.234. The van der Waals surface area contributed by atoms with Crippen molar-refractivity contribution in [2.75, 3.05) is 6.54 Å². The maximum absolute atomic E-state index is 3.69. The molecule has 0 saturated carbocycles. The van der Waals surface area contributed by atoms with E-state index in [2.05, 4.69) is 23.4 Å². The molecule has 7 heavy (non-hydrogen) atoms. The van der Waals surface area contributed by atoms with E-state index in [-0.39, 0.29) is 6.04 Å². The van der Waals surface area contributed by atoms with Gasteiger partial charge in [0.1, 0.15) is 0 Å². The standard InChI is InChI=1S/C5H10N2/c1-5(7-3)4-6-2/h5H,2-4H2,1H3.